The molecule has 0 saturated heterocycles. The van der Waals surface area contributed by atoms with Gasteiger partial charge in [0.2, 0.25) is 0 Å². The smallest absolute Gasteiger partial charge is 0.337 e. The highest BCUT2D eigenvalue weighted by Gasteiger charge is 2.13. The van der Waals surface area contributed by atoms with Gasteiger partial charge < -0.3 is 10.4 Å². The highest BCUT2D eigenvalue weighted by molar-refractivity contribution is 6.02. The van der Waals surface area contributed by atoms with Gasteiger partial charge in [0, 0.05) is 18.9 Å². The van der Waals surface area contributed by atoms with Crippen LogP contribution < -0.4 is 10.2 Å². The predicted octanol–water partition coefficient (Wildman–Crippen LogP) is 2.76. The summed E-state index contributed by atoms with van der Waals surface area (Å²) >= 11 is 0. The molecule has 0 radical (unpaired) electrons. The van der Waals surface area contributed by atoms with Crippen LogP contribution in [0.2, 0.25) is 0 Å². The number of urea groups is 1. The Morgan fingerprint density at radius 2 is 1.95 bits per heavy atom. The third-order valence-electron chi connectivity index (χ3n) is 3.02. The van der Waals surface area contributed by atoms with Gasteiger partial charge >= 0.3 is 12.0 Å². The average molecular weight is 285 g/mol. The molecule has 6 nitrogen and oxygen atoms in total. The molecule has 0 saturated carbocycles. The molecule has 0 aliphatic heterocycles. The van der Waals surface area contributed by atoms with Crippen LogP contribution in [0.1, 0.15) is 15.9 Å². The lowest BCUT2D eigenvalue weighted by atomic mass is 10.2. The monoisotopic (exact) mass is 285 g/mol. The number of rotatable bonds is 3. The Balaban J connectivity index is 2.16. The number of pyridine rings is 1. The van der Waals surface area contributed by atoms with Crippen molar-refractivity contribution in [2.24, 2.45) is 0 Å². The van der Waals surface area contributed by atoms with Gasteiger partial charge in [0.05, 0.1) is 17.4 Å². The normalized spacial score (nSPS) is 10.0. The molecule has 0 spiro atoms. The SMILES string of the molecule is Cc1ccccc1N(C)C(=O)Nc1cncc(C(=O)O)c1. The van der Waals surface area contributed by atoms with Crippen molar-refractivity contribution in [3.8, 4) is 0 Å². The highest BCUT2D eigenvalue weighted by atomic mass is 16.4. The lowest BCUT2D eigenvalue weighted by Crippen LogP contribution is -2.31. The highest BCUT2D eigenvalue weighted by Crippen LogP contribution is 2.19. The summed E-state index contributed by atoms with van der Waals surface area (Å²) in [5.41, 5.74) is 2.09. The van der Waals surface area contributed by atoms with Crippen molar-refractivity contribution < 1.29 is 14.7 Å². The number of aromatic nitrogens is 1. The standard InChI is InChI=1S/C15H15N3O3/c1-10-5-3-4-6-13(10)18(2)15(21)17-12-7-11(14(19)20)8-16-9-12/h3-9H,1-2H3,(H,17,21)(H,19,20). The van der Waals surface area contributed by atoms with Crippen molar-refractivity contribution in [3.63, 3.8) is 0 Å². The summed E-state index contributed by atoms with van der Waals surface area (Å²) in [5, 5.41) is 11.5. The van der Waals surface area contributed by atoms with Gasteiger partial charge in [-0.25, -0.2) is 9.59 Å². The Kier molecular flexibility index (Phi) is 4.18. The van der Waals surface area contributed by atoms with E-state index in [9.17, 15) is 9.59 Å². The third kappa shape index (κ3) is 3.36. The van der Waals surface area contributed by atoms with Gasteiger partial charge in [-0.15, -0.1) is 0 Å². The number of carboxylic acid groups (broad SMARTS) is 1. The number of nitrogens with zero attached hydrogens (tertiary/aromatic N) is 2. The second kappa shape index (κ2) is 6.04. The summed E-state index contributed by atoms with van der Waals surface area (Å²) < 4.78 is 0. The molecular weight excluding hydrogens is 270 g/mol. The second-order valence-electron chi connectivity index (χ2n) is 4.54. The largest absolute Gasteiger partial charge is 0.478 e. The Labute approximate surface area is 122 Å². The van der Waals surface area contributed by atoms with Crippen LogP contribution in [-0.2, 0) is 0 Å². The Hall–Kier alpha value is -2.89. The van der Waals surface area contributed by atoms with E-state index >= 15 is 0 Å². The maximum atomic E-state index is 12.2. The van der Waals surface area contributed by atoms with Crippen molar-refractivity contribution in [2.45, 2.75) is 6.92 Å². The van der Waals surface area contributed by atoms with Crippen LogP contribution >= 0.6 is 0 Å². The first-order valence-electron chi connectivity index (χ1n) is 6.27. The summed E-state index contributed by atoms with van der Waals surface area (Å²) in [5.74, 6) is -1.09. The molecule has 0 aliphatic rings. The van der Waals surface area contributed by atoms with Gasteiger partial charge in [-0.2, -0.15) is 0 Å². The fourth-order valence-corrected chi connectivity index (χ4v) is 1.88. The zero-order valence-electron chi connectivity index (χ0n) is 11.7. The summed E-state index contributed by atoms with van der Waals surface area (Å²) in [7, 11) is 1.64. The first-order valence-corrected chi connectivity index (χ1v) is 6.27. The zero-order chi connectivity index (χ0) is 15.4. The Bertz CT molecular complexity index is 685. The van der Waals surface area contributed by atoms with Gasteiger partial charge in [0.25, 0.3) is 0 Å². The number of carbonyl (C=O) groups excluding carboxylic acids is 1. The average Bonchev–Trinajstić information content (AvgIpc) is 2.47. The van der Waals surface area contributed by atoms with Gasteiger partial charge in [-0.05, 0) is 24.6 Å². The van der Waals surface area contributed by atoms with Gasteiger partial charge in [0.15, 0.2) is 0 Å². The quantitative estimate of drug-likeness (QED) is 0.908. The van der Waals surface area contributed by atoms with Crippen LogP contribution in [0, 0.1) is 6.92 Å². The summed E-state index contributed by atoms with van der Waals surface area (Å²) in [6.07, 6.45) is 2.62. The Morgan fingerprint density at radius 1 is 1.24 bits per heavy atom. The van der Waals surface area contributed by atoms with Crippen molar-refractivity contribution in [1.29, 1.82) is 0 Å². The fourth-order valence-electron chi connectivity index (χ4n) is 1.88. The predicted molar refractivity (Wildman–Crippen MR) is 79.8 cm³/mol. The number of benzene rings is 1. The number of para-hydroxylation sites is 1. The molecular formula is C15H15N3O3. The van der Waals surface area contributed by atoms with E-state index in [2.05, 4.69) is 10.3 Å². The minimum atomic E-state index is -1.09. The molecule has 0 fully saturated rings. The van der Waals surface area contributed by atoms with Crippen LogP contribution in [0.4, 0.5) is 16.2 Å². The number of carboxylic acids is 1. The fraction of sp³-hybridized carbons (Fsp3) is 0.133. The topological polar surface area (TPSA) is 82.5 Å². The third-order valence-corrected chi connectivity index (χ3v) is 3.02. The number of aryl methyl sites for hydroxylation is 1. The maximum absolute atomic E-state index is 12.2. The number of carbonyl (C=O) groups is 2. The second-order valence-corrected chi connectivity index (χ2v) is 4.54. The number of amides is 2. The summed E-state index contributed by atoms with van der Waals surface area (Å²) in [6.45, 7) is 1.91. The van der Waals surface area contributed by atoms with Gasteiger partial charge in [0.1, 0.15) is 0 Å². The maximum Gasteiger partial charge on any atom is 0.337 e. The molecule has 2 N–H and O–H groups in total. The zero-order valence-corrected chi connectivity index (χ0v) is 11.7. The van der Waals surface area contributed by atoms with E-state index in [1.54, 1.807) is 7.05 Å². The van der Waals surface area contributed by atoms with Crippen LogP contribution in [-0.4, -0.2) is 29.1 Å². The lowest BCUT2D eigenvalue weighted by Gasteiger charge is -2.20. The molecule has 1 aromatic carbocycles. The first kappa shape index (κ1) is 14.5. The molecule has 21 heavy (non-hydrogen) atoms. The minimum Gasteiger partial charge on any atom is -0.478 e. The van der Waals surface area contributed by atoms with Gasteiger partial charge in [-0.3, -0.25) is 9.88 Å². The van der Waals surface area contributed by atoms with Crippen LogP contribution in [0.3, 0.4) is 0 Å². The minimum absolute atomic E-state index is 0.0198. The molecule has 2 rings (SSSR count). The summed E-state index contributed by atoms with van der Waals surface area (Å²) in [4.78, 5) is 28.3. The van der Waals surface area contributed by atoms with Crippen LogP contribution in [0.15, 0.2) is 42.7 Å². The van der Waals surface area contributed by atoms with E-state index in [-0.39, 0.29) is 11.6 Å². The number of hydrogen-bond acceptors (Lipinski definition) is 3. The van der Waals surface area contributed by atoms with Crippen LogP contribution in [0.25, 0.3) is 0 Å². The van der Waals surface area contributed by atoms with Crippen molar-refractivity contribution in [2.75, 3.05) is 17.3 Å². The van der Waals surface area contributed by atoms with Crippen molar-refractivity contribution >= 4 is 23.4 Å². The van der Waals surface area contributed by atoms with Gasteiger partial charge in [-0.1, -0.05) is 18.2 Å². The van der Waals surface area contributed by atoms with E-state index in [0.29, 0.717) is 5.69 Å². The Morgan fingerprint density at radius 3 is 2.62 bits per heavy atom. The number of anilines is 2. The molecule has 6 heteroatoms. The molecule has 2 amide bonds. The number of hydrogen-bond donors (Lipinski definition) is 2. The molecule has 0 atom stereocenters. The molecule has 0 bridgehead atoms. The number of aromatic carboxylic acids is 1. The first-order chi connectivity index (χ1) is 9.99. The molecule has 0 aliphatic carbocycles. The molecule has 108 valence electrons. The molecule has 1 aromatic heterocycles. The molecule has 1 heterocycles. The molecule has 2 aromatic rings. The van der Waals surface area contributed by atoms with E-state index in [0.717, 1.165) is 11.3 Å². The van der Waals surface area contributed by atoms with Crippen molar-refractivity contribution in [1.82, 2.24) is 4.98 Å². The van der Waals surface area contributed by atoms with E-state index in [1.807, 2.05) is 31.2 Å². The van der Waals surface area contributed by atoms with E-state index < -0.39 is 5.97 Å². The van der Waals surface area contributed by atoms with E-state index in [1.165, 1.54) is 23.4 Å². The summed E-state index contributed by atoms with van der Waals surface area (Å²) in [6, 6.07) is 8.48. The lowest BCUT2D eigenvalue weighted by molar-refractivity contribution is 0.0696. The number of nitrogens with one attached hydrogen (secondary N) is 1. The van der Waals surface area contributed by atoms with Crippen LogP contribution in [0.5, 0.6) is 0 Å². The van der Waals surface area contributed by atoms with Crippen molar-refractivity contribution in [3.05, 3.63) is 53.9 Å². The van der Waals surface area contributed by atoms with E-state index in [4.69, 9.17) is 5.11 Å². The molecule has 0 unspecified atom stereocenters.